The number of rotatable bonds is 6. The second-order valence-corrected chi connectivity index (χ2v) is 7.25. The van der Waals surface area contributed by atoms with Crippen LogP contribution in [0.15, 0.2) is 28.7 Å². The largest absolute Gasteiger partial charge is 0.313 e. The first-order valence-corrected chi connectivity index (χ1v) is 8.86. The van der Waals surface area contributed by atoms with Gasteiger partial charge in [-0.1, -0.05) is 28.1 Å². The number of halogens is 1. The normalized spacial score (nSPS) is 20.9. The van der Waals surface area contributed by atoms with Crippen LogP contribution in [0.2, 0.25) is 0 Å². The van der Waals surface area contributed by atoms with E-state index >= 15 is 0 Å². The lowest BCUT2D eigenvalue weighted by Gasteiger charge is -2.26. The van der Waals surface area contributed by atoms with Crippen molar-refractivity contribution in [2.24, 2.45) is 0 Å². The highest BCUT2D eigenvalue weighted by Gasteiger charge is 2.20. The molecule has 106 valence electrons. The Kier molecular flexibility index (Phi) is 6.20. The summed E-state index contributed by atoms with van der Waals surface area (Å²) >= 11 is 5.58. The summed E-state index contributed by atoms with van der Waals surface area (Å²) in [5, 5.41) is 3.44. The molecule has 0 aromatic heterocycles. The molecule has 1 aromatic rings. The Morgan fingerprint density at radius 2 is 2.16 bits per heavy atom. The predicted octanol–water partition coefficient (Wildman–Crippen LogP) is 3.54. The minimum Gasteiger partial charge on any atom is -0.313 e. The van der Waals surface area contributed by atoms with Crippen molar-refractivity contribution in [3.8, 4) is 0 Å². The predicted molar refractivity (Wildman–Crippen MR) is 88.9 cm³/mol. The van der Waals surface area contributed by atoms with Gasteiger partial charge in [-0.05, 0) is 56.9 Å². The van der Waals surface area contributed by atoms with Crippen LogP contribution in [0, 0.1) is 0 Å². The zero-order valence-electron chi connectivity index (χ0n) is 11.7. The number of thioether (sulfide) groups is 1. The third-order valence-electron chi connectivity index (χ3n) is 3.92. The molecular formula is C15H23BrN2S. The minimum atomic E-state index is 0.449. The summed E-state index contributed by atoms with van der Waals surface area (Å²) in [6.07, 6.45) is 2.51. The number of hydrogen-bond acceptors (Lipinski definition) is 3. The van der Waals surface area contributed by atoms with E-state index < -0.39 is 0 Å². The third kappa shape index (κ3) is 4.48. The SMILES string of the molecule is CNC(CCN(C)C1CCSC1)c1ccc(Br)cc1. The van der Waals surface area contributed by atoms with Crippen LogP contribution in [0.5, 0.6) is 0 Å². The van der Waals surface area contributed by atoms with Crippen LogP contribution < -0.4 is 5.32 Å². The summed E-state index contributed by atoms with van der Waals surface area (Å²) in [4.78, 5) is 2.53. The van der Waals surface area contributed by atoms with Gasteiger partial charge in [0.1, 0.15) is 0 Å². The van der Waals surface area contributed by atoms with E-state index in [2.05, 4.69) is 76.3 Å². The molecule has 4 heteroatoms. The van der Waals surface area contributed by atoms with Gasteiger partial charge in [-0.25, -0.2) is 0 Å². The van der Waals surface area contributed by atoms with E-state index in [1.807, 2.05) is 0 Å². The summed E-state index contributed by atoms with van der Waals surface area (Å²) in [5.41, 5.74) is 1.37. The standard InChI is InChI=1S/C15H23BrN2S/c1-17-15(12-3-5-13(16)6-4-12)7-9-18(2)14-8-10-19-11-14/h3-6,14-15,17H,7-11H2,1-2H3. The average Bonchev–Trinajstić information content (AvgIpc) is 2.95. The smallest absolute Gasteiger partial charge is 0.0329 e. The highest BCUT2D eigenvalue weighted by molar-refractivity contribution is 9.10. The Bertz CT molecular complexity index is 376. The molecule has 0 radical (unpaired) electrons. The highest BCUT2D eigenvalue weighted by Crippen LogP contribution is 2.23. The maximum absolute atomic E-state index is 3.49. The van der Waals surface area contributed by atoms with Crippen molar-refractivity contribution in [2.75, 3.05) is 32.1 Å². The van der Waals surface area contributed by atoms with Crippen LogP contribution in [-0.4, -0.2) is 43.1 Å². The van der Waals surface area contributed by atoms with Gasteiger partial charge in [0, 0.05) is 22.3 Å². The highest BCUT2D eigenvalue weighted by atomic mass is 79.9. The number of nitrogens with one attached hydrogen (secondary N) is 1. The van der Waals surface area contributed by atoms with Gasteiger partial charge in [0.25, 0.3) is 0 Å². The van der Waals surface area contributed by atoms with Gasteiger partial charge in [-0.15, -0.1) is 0 Å². The Hall–Kier alpha value is -0.0300. The van der Waals surface area contributed by atoms with Crippen LogP contribution in [0.25, 0.3) is 0 Å². The van der Waals surface area contributed by atoms with E-state index in [-0.39, 0.29) is 0 Å². The van der Waals surface area contributed by atoms with Crippen molar-refractivity contribution in [1.29, 1.82) is 0 Å². The fraction of sp³-hybridized carbons (Fsp3) is 0.600. The molecule has 2 atom stereocenters. The monoisotopic (exact) mass is 342 g/mol. The summed E-state index contributed by atoms with van der Waals surface area (Å²) in [6.45, 7) is 1.16. The Morgan fingerprint density at radius 3 is 2.74 bits per heavy atom. The second-order valence-electron chi connectivity index (χ2n) is 5.18. The Morgan fingerprint density at radius 1 is 1.42 bits per heavy atom. The molecule has 19 heavy (non-hydrogen) atoms. The summed E-state index contributed by atoms with van der Waals surface area (Å²) in [7, 11) is 4.32. The van der Waals surface area contributed by atoms with Crippen molar-refractivity contribution >= 4 is 27.7 Å². The second kappa shape index (κ2) is 7.67. The van der Waals surface area contributed by atoms with E-state index in [1.165, 1.54) is 23.5 Å². The van der Waals surface area contributed by atoms with Gasteiger partial charge < -0.3 is 10.2 Å². The molecule has 1 aliphatic rings. The van der Waals surface area contributed by atoms with Crippen molar-refractivity contribution in [2.45, 2.75) is 24.9 Å². The van der Waals surface area contributed by atoms with Crippen LogP contribution in [-0.2, 0) is 0 Å². The summed E-state index contributed by atoms with van der Waals surface area (Å²) in [5.74, 6) is 2.64. The first kappa shape index (κ1) is 15.4. The molecule has 2 rings (SSSR count). The quantitative estimate of drug-likeness (QED) is 0.851. The van der Waals surface area contributed by atoms with E-state index in [9.17, 15) is 0 Å². The summed E-state index contributed by atoms with van der Waals surface area (Å²) in [6, 6.07) is 9.89. The number of nitrogens with zero attached hydrogens (tertiary/aromatic N) is 1. The van der Waals surface area contributed by atoms with Crippen molar-refractivity contribution in [3.63, 3.8) is 0 Å². The molecule has 1 fully saturated rings. The molecule has 0 saturated carbocycles. The van der Waals surface area contributed by atoms with Gasteiger partial charge in [0.15, 0.2) is 0 Å². The average molecular weight is 343 g/mol. The molecule has 1 heterocycles. The van der Waals surface area contributed by atoms with Gasteiger partial charge >= 0.3 is 0 Å². The van der Waals surface area contributed by atoms with Gasteiger partial charge in [0.2, 0.25) is 0 Å². The van der Waals surface area contributed by atoms with E-state index in [1.54, 1.807) is 0 Å². The zero-order chi connectivity index (χ0) is 13.7. The van der Waals surface area contributed by atoms with Crippen LogP contribution >= 0.6 is 27.7 Å². The van der Waals surface area contributed by atoms with E-state index in [0.717, 1.165) is 23.5 Å². The lowest BCUT2D eigenvalue weighted by atomic mass is 10.0. The molecule has 1 saturated heterocycles. The van der Waals surface area contributed by atoms with Crippen molar-refractivity contribution < 1.29 is 0 Å². The van der Waals surface area contributed by atoms with Gasteiger partial charge in [-0.3, -0.25) is 0 Å². The Labute approximate surface area is 129 Å². The molecular weight excluding hydrogens is 320 g/mol. The summed E-state index contributed by atoms with van der Waals surface area (Å²) < 4.78 is 1.14. The van der Waals surface area contributed by atoms with Crippen LogP contribution in [0.1, 0.15) is 24.4 Å². The topological polar surface area (TPSA) is 15.3 Å². The van der Waals surface area contributed by atoms with Crippen LogP contribution in [0.3, 0.4) is 0 Å². The molecule has 2 unspecified atom stereocenters. The first-order valence-electron chi connectivity index (χ1n) is 6.91. The van der Waals surface area contributed by atoms with Gasteiger partial charge in [-0.2, -0.15) is 11.8 Å². The Balaban J connectivity index is 1.86. The maximum atomic E-state index is 3.49. The number of benzene rings is 1. The van der Waals surface area contributed by atoms with Crippen LogP contribution in [0.4, 0.5) is 0 Å². The molecule has 0 bridgehead atoms. The van der Waals surface area contributed by atoms with E-state index in [4.69, 9.17) is 0 Å². The first-order chi connectivity index (χ1) is 9.20. The van der Waals surface area contributed by atoms with Crippen molar-refractivity contribution in [1.82, 2.24) is 10.2 Å². The third-order valence-corrected chi connectivity index (χ3v) is 5.59. The molecule has 0 spiro atoms. The molecule has 0 amide bonds. The maximum Gasteiger partial charge on any atom is 0.0329 e. The molecule has 1 aromatic carbocycles. The molecule has 2 nitrogen and oxygen atoms in total. The molecule has 0 aliphatic carbocycles. The zero-order valence-corrected chi connectivity index (χ0v) is 14.1. The minimum absolute atomic E-state index is 0.449. The lowest BCUT2D eigenvalue weighted by molar-refractivity contribution is 0.248. The lowest BCUT2D eigenvalue weighted by Crippen LogP contribution is -2.34. The van der Waals surface area contributed by atoms with Crippen molar-refractivity contribution in [3.05, 3.63) is 34.3 Å². The fourth-order valence-corrected chi connectivity index (χ4v) is 4.12. The molecule has 1 aliphatic heterocycles. The number of hydrogen-bond donors (Lipinski definition) is 1. The van der Waals surface area contributed by atoms with Gasteiger partial charge in [0.05, 0.1) is 0 Å². The fourth-order valence-electron chi connectivity index (χ4n) is 2.56. The molecule has 1 N–H and O–H groups in total. The van der Waals surface area contributed by atoms with E-state index in [0.29, 0.717) is 6.04 Å².